The second-order valence-corrected chi connectivity index (χ2v) is 5.98. The molecule has 25 heavy (non-hydrogen) atoms. The van der Waals surface area contributed by atoms with Crippen LogP contribution in [-0.2, 0) is 0 Å². The number of benzene rings is 3. The molecule has 4 nitrogen and oxygen atoms in total. The van der Waals surface area contributed by atoms with Crippen LogP contribution in [0.25, 0.3) is 22.4 Å². The molecule has 0 bridgehead atoms. The van der Waals surface area contributed by atoms with E-state index < -0.39 is 0 Å². The smallest absolute Gasteiger partial charge is 0.113 e. The highest BCUT2D eigenvalue weighted by molar-refractivity contribution is 5.92. The van der Waals surface area contributed by atoms with Gasteiger partial charge in [0.05, 0.1) is 16.9 Å². The summed E-state index contributed by atoms with van der Waals surface area (Å²) in [6.07, 6.45) is 0. The minimum Gasteiger partial charge on any atom is -0.396 e. The van der Waals surface area contributed by atoms with Crippen LogP contribution in [-0.4, -0.2) is 15.0 Å². The SMILES string of the molecule is Cc1ccc(C(=C(N)c2ccccc2)n2nnc3ccccc32)cc1. The van der Waals surface area contributed by atoms with Crippen molar-refractivity contribution >= 4 is 22.4 Å². The number of hydrogen-bond donors (Lipinski definition) is 1. The standard InChI is InChI=1S/C21H18N4/c1-15-11-13-17(14-12-15)21(20(22)16-7-3-2-4-8-16)25-19-10-6-5-9-18(19)23-24-25/h2-14H,22H2,1H3. The Labute approximate surface area is 146 Å². The molecule has 3 aromatic carbocycles. The molecule has 2 N–H and O–H groups in total. The first-order valence-corrected chi connectivity index (χ1v) is 8.17. The van der Waals surface area contributed by atoms with Crippen molar-refractivity contribution in [1.29, 1.82) is 0 Å². The van der Waals surface area contributed by atoms with Crippen molar-refractivity contribution in [2.24, 2.45) is 5.73 Å². The van der Waals surface area contributed by atoms with Crippen LogP contribution < -0.4 is 5.73 Å². The van der Waals surface area contributed by atoms with Gasteiger partial charge in [-0.2, -0.15) is 0 Å². The van der Waals surface area contributed by atoms with E-state index in [2.05, 4.69) is 41.5 Å². The fourth-order valence-corrected chi connectivity index (χ4v) is 2.89. The van der Waals surface area contributed by atoms with E-state index in [9.17, 15) is 0 Å². The lowest BCUT2D eigenvalue weighted by molar-refractivity contribution is 0.841. The molecule has 0 aliphatic carbocycles. The number of hydrogen-bond acceptors (Lipinski definition) is 3. The lowest BCUT2D eigenvalue weighted by Crippen LogP contribution is -2.10. The van der Waals surface area contributed by atoms with Crippen molar-refractivity contribution in [3.05, 3.63) is 95.6 Å². The Kier molecular flexibility index (Phi) is 3.78. The first kappa shape index (κ1) is 15.1. The molecule has 0 fully saturated rings. The normalized spacial score (nSPS) is 12.2. The van der Waals surface area contributed by atoms with Crippen LogP contribution in [0.2, 0.25) is 0 Å². The molecule has 4 aromatic rings. The van der Waals surface area contributed by atoms with E-state index in [1.54, 1.807) is 0 Å². The molecule has 0 atom stereocenters. The van der Waals surface area contributed by atoms with Crippen molar-refractivity contribution in [3.8, 4) is 0 Å². The number of nitrogens with two attached hydrogens (primary N) is 1. The minimum atomic E-state index is 0.667. The molecule has 0 saturated carbocycles. The average Bonchev–Trinajstić information content (AvgIpc) is 3.08. The molecule has 122 valence electrons. The van der Waals surface area contributed by atoms with Gasteiger partial charge in [-0.25, -0.2) is 4.68 Å². The zero-order valence-electron chi connectivity index (χ0n) is 13.9. The monoisotopic (exact) mass is 326 g/mol. The lowest BCUT2D eigenvalue weighted by Gasteiger charge is -2.14. The molecule has 4 rings (SSSR count). The Hall–Kier alpha value is -3.40. The Balaban J connectivity index is 2.01. The van der Waals surface area contributed by atoms with Gasteiger partial charge in [0.2, 0.25) is 0 Å². The van der Waals surface area contributed by atoms with Crippen LogP contribution in [0.4, 0.5) is 0 Å². The van der Waals surface area contributed by atoms with E-state index in [4.69, 9.17) is 5.73 Å². The molecule has 1 aromatic heterocycles. The molecule has 0 amide bonds. The van der Waals surface area contributed by atoms with E-state index in [0.717, 1.165) is 27.9 Å². The van der Waals surface area contributed by atoms with E-state index in [-0.39, 0.29) is 0 Å². The third kappa shape index (κ3) is 2.78. The number of aromatic nitrogens is 3. The fourth-order valence-electron chi connectivity index (χ4n) is 2.89. The van der Waals surface area contributed by atoms with Gasteiger partial charge in [-0.1, -0.05) is 77.5 Å². The number of fused-ring (bicyclic) bond motifs is 1. The summed E-state index contributed by atoms with van der Waals surface area (Å²) >= 11 is 0. The van der Waals surface area contributed by atoms with Gasteiger partial charge in [0, 0.05) is 5.56 Å². The van der Waals surface area contributed by atoms with E-state index in [1.807, 2.05) is 59.3 Å². The topological polar surface area (TPSA) is 56.7 Å². The maximum Gasteiger partial charge on any atom is 0.113 e. The molecule has 0 aliphatic rings. The second-order valence-electron chi connectivity index (χ2n) is 5.98. The van der Waals surface area contributed by atoms with Crippen molar-refractivity contribution in [2.45, 2.75) is 6.92 Å². The summed E-state index contributed by atoms with van der Waals surface area (Å²) in [5.74, 6) is 0. The number of nitrogens with zero attached hydrogens (tertiary/aromatic N) is 3. The summed E-state index contributed by atoms with van der Waals surface area (Å²) in [6, 6.07) is 26.1. The van der Waals surface area contributed by atoms with Gasteiger partial charge in [-0.15, -0.1) is 5.10 Å². The van der Waals surface area contributed by atoms with E-state index in [0.29, 0.717) is 5.70 Å². The van der Waals surface area contributed by atoms with Crippen LogP contribution >= 0.6 is 0 Å². The highest BCUT2D eigenvalue weighted by atomic mass is 15.4. The summed E-state index contributed by atoms with van der Waals surface area (Å²) in [5, 5.41) is 8.65. The second kappa shape index (κ2) is 6.24. The van der Waals surface area contributed by atoms with Gasteiger partial charge in [0.1, 0.15) is 5.52 Å². The molecule has 0 saturated heterocycles. The van der Waals surface area contributed by atoms with Crippen LogP contribution in [0.1, 0.15) is 16.7 Å². The summed E-state index contributed by atoms with van der Waals surface area (Å²) < 4.78 is 1.82. The van der Waals surface area contributed by atoms with Gasteiger partial charge >= 0.3 is 0 Å². The van der Waals surface area contributed by atoms with Crippen molar-refractivity contribution < 1.29 is 0 Å². The molecular formula is C21H18N4. The molecular weight excluding hydrogens is 308 g/mol. The summed E-state index contributed by atoms with van der Waals surface area (Å²) in [4.78, 5) is 0. The van der Waals surface area contributed by atoms with Crippen molar-refractivity contribution in [1.82, 2.24) is 15.0 Å². The van der Waals surface area contributed by atoms with Gasteiger partial charge in [0.25, 0.3) is 0 Å². The molecule has 0 unspecified atom stereocenters. The van der Waals surface area contributed by atoms with Crippen molar-refractivity contribution in [2.75, 3.05) is 0 Å². The highest BCUT2D eigenvalue weighted by Crippen LogP contribution is 2.27. The Morgan fingerprint density at radius 3 is 2.24 bits per heavy atom. The van der Waals surface area contributed by atoms with Gasteiger partial charge in [-0.3, -0.25) is 0 Å². The average molecular weight is 326 g/mol. The number of para-hydroxylation sites is 1. The van der Waals surface area contributed by atoms with Crippen LogP contribution in [0.5, 0.6) is 0 Å². The minimum absolute atomic E-state index is 0.667. The zero-order valence-corrected chi connectivity index (χ0v) is 13.9. The lowest BCUT2D eigenvalue weighted by atomic mass is 10.0. The Bertz CT molecular complexity index is 1040. The molecule has 0 radical (unpaired) electrons. The first-order chi connectivity index (χ1) is 12.2. The maximum atomic E-state index is 6.58. The van der Waals surface area contributed by atoms with Crippen LogP contribution in [0.3, 0.4) is 0 Å². The predicted molar refractivity (Wildman–Crippen MR) is 102 cm³/mol. The molecule has 1 heterocycles. The summed E-state index contributed by atoms with van der Waals surface area (Å²) in [5.41, 5.74) is 13.0. The summed E-state index contributed by atoms with van der Waals surface area (Å²) in [7, 11) is 0. The Morgan fingerprint density at radius 2 is 1.48 bits per heavy atom. The fraction of sp³-hybridized carbons (Fsp3) is 0.0476. The largest absolute Gasteiger partial charge is 0.396 e. The number of aryl methyl sites for hydroxylation is 1. The van der Waals surface area contributed by atoms with Crippen LogP contribution in [0.15, 0.2) is 78.9 Å². The van der Waals surface area contributed by atoms with Crippen molar-refractivity contribution in [3.63, 3.8) is 0 Å². The predicted octanol–water partition coefficient (Wildman–Crippen LogP) is 4.07. The Morgan fingerprint density at radius 1 is 0.800 bits per heavy atom. The van der Waals surface area contributed by atoms with E-state index >= 15 is 0 Å². The van der Waals surface area contributed by atoms with E-state index in [1.165, 1.54) is 5.56 Å². The van der Waals surface area contributed by atoms with Gasteiger partial charge in [-0.05, 0) is 24.6 Å². The van der Waals surface area contributed by atoms with Gasteiger partial charge < -0.3 is 5.73 Å². The third-order valence-electron chi connectivity index (χ3n) is 4.23. The van der Waals surface area contributed by atoms with Gasteiger partial charge in [0.15, 0.2) is 0 Å². The zero-order chi connectivity index (χ0) is 17.2. The third-order valence-corrected chi connectivity index (χ3v) is 4.23. The van der Waals surface area contributed by atoms with Crippen LogP contribution in [0, 0.1) is 6.92 Å². The number of rotatable bonds is 3. The highest BCUT2D eigenvalue weighted by Gasteiger charge is 2.15. The molecule has 0 aliphatic heterocycles. The maximum absolute atomic E-state index is 6.58. The quantitative estimate of drug-likeness (QED) is 0.577. The molecule has 4 heteroatoms. The first-order valence-electron chi connectivity index (χ1n) is 8.17. The summed E-state index contributed by atoms with van der Waals surface area (Å²) in [6.45, 7) is 2.07. The molecule has 0 spiro atoms.